The van der Waals surface area contributed by atoms with E-state index in [1.54, 1.807) is 0 Å². The van der Waals surface area contributed by atoms with Gasteiger partial charge in [-0.2, -0.15) is 0 Å². The molecule has 82 valence electrons. The molecule has 2 N–H and O–H groups in total. The predicted octanol–water partition coefficient (Wildman–Crippen LogP) is 3.81. The van der Waals surface area contributed by atoms with Crippen molar-refractivity contribution >= 4 is 0 Å². The Balaban J connectivity index is 3.92. The van der Waals surface area contributed by atoms with Crippen LogP contribution in [0.25, 0.3) is 0 Å². The highest BCUT2D eigenvalue weighted by Gasteiger charge is 1.90. The van der Waals surface area contributed by atoms with E-state index in [0.29, 0.717) is 0 Å². The Morgan fingerprint density at radius 3 is 2.50 bits per heavy atom. The molecule has 0 aromatic carbocycles. The van der Waals surface area contributed by atoms with E-state index in [-0.39, 0.29) is 0 Å². The van der Waals surface area contributed by atoms with Crippen molar-refractivity contribution in [1.29, 1.82) is 0 Å². The maximum Gasteiger partial charge on any atom is -0.00368 e. The highest BCUT2D eigenvalue weighted by molar-refractivity contribution is 5.18. The lowest BCUT2D eigenvalue weighted by atomic mass is 10.1. The lowest BCUT2D eigenvalue weighted by Crippen LogP contribution is -1.99. The van der Waals surface area contributed by atoms with Crippen LogP contribution in [0.1, 0.15) is 52.4 Å². The second-order valence-corrected chi connectivity index (χ2v) is 3.65. The highest BCUT2D eigenvalue weighted by atomic mass is 14.5. The Labute approximate surface area is 89.1 Å². The van der Waals surface area contributed by atoms with Crippen molar-refractivity contribution in [2.75, 3.05) is 6.54 Å². The average molecular weight is 195 g/mol. The SMILES string of the molecule is CCC/C=C\C(=C/CCCC)CCN. The molecule has 0 aliphatic rings. The van der Waals surface area contributed by atoms with Gasteiger partial charge in [-0.3, -0.25) is 0 Å². The summed E-state index contributed by atoms with van der Waals surface area (Å²) >= 11 is 0. The summed E-state index contributed by atoms with van der Waals surface area (Å²) in [6, 6.07) is 0. The van der Waals surface area contributed by atoms with E-state index in [4.69, 9.17) is 5.73 Å². The number of nitrogens with two attached hydrogens (primary N) is 1. The smallest absolute Gasteiger partial charge is 0.00368 e. The van der Waals surface area contributed by atoms with E-state index in [1.807, 2.05) is 0 Å². The van der Waals surface area contributed by atoms with E-state index in [1.165, 1.54) is 37.7 Å². The molecule has 14 heavy (non-hydrogen) atoms. The fourth-order valence-corrected chi connectivity index (χ4v) is 1.31. The summed E-state index contributed by atoms with van der Waals surface area (Å²) in [4.78, 5) is 0. The van der Waals surface area contributed by atoms with Crippen LogP contribution >= 0.6 is 0 Å². The first kappa shape index (κ1) is 13.4. The first-order valence-corrected chi connectivity index (χ1v) is 5.90. The fourth-order valence-electron chi connectivity index (χ4n) is 1.31. The van der Waals surface area contributed by atoms with Crippen LogP contribution in [0.2, 0.25) is 0 Å². The van der Waals surface area contributed by atoms with Crippen molar-refractivity contribution in [3.05, 3.63) is 23.8 Å². The molecule has 1 nitrogen and oxygen atoms in total. The molecule has 0 saturated carbocycles. The molecule has 0 aromatic heterocycles. The van der Waals surface area contributed by atoms with Crippen LogP contribution in [0, 0.1) is 0 Å². The molecule has 0 unspecified atom stereocenters. The molecule has 0 rings (SSSR count). The molecule has 0 radical (unpaired) electrons. The molecule has 0 spiro atoms. The molecule has 0 heterocycles. The maximum atomic E-state index is 5.56. The Bertz CT molecular complexity index is 168. The molecule has 0 aromatic rings. The third-order valence-corrected chi connectivity index (χ3v) is 2.18. The van der Waals surface area contributed by atoms with Crippen LogP contribution in [0.15, 0.2) is 23.8 Å². The van der Waals surface area contributed by atoms with Gasteiger partial charge >= 0.3 is 0 Å². The van der Waals surface area contributed by atoms with E-state index in [0.717, 1.165) is 13.0 Å². The van der Waals surface area contributed by atoms with Crippen molar-refractivity contribution < 1.29 is 0 Å². The van der Waals surface area contributed by atoms with Gasteiger partial charge in [-0.05, 0) is 25.8 Å². The average Bonchev–Trinajstić information content (AvgIpc) is 2.18. The predicted molar refractivity (Wildman–Crippen MR) is 65.3 cm³/mol. The minimum absolute atomic E-state index is 0.758. The number of unbranched alkanes of at least 4 members (excludes halogenated alkanes) is 3. The van der Waals surface area contributed by atoms with Crippen LogP contribution in [0.5, 0.6) is 0 Å². The standard InChI is InChI=1S/C13H25N/c1-3-5-7-9-13(11-12-14)10-8-6-4-2/h7,9-10H,3-6,8,11-12,14H2,1-2H3/b9-7-,13-10+. The van der Waals surface area contributed by atoms with Gasteiger partial charge in [0, 0.05) is 0 Å². The number of rotatable bonds is 8. The summed E-state index contributed by atoms with van der Waals surface area (Å²) in [6.07, 6.45) is 14.0. The summed E-state index contributed by atoms with van der Waals surface area (Å²) in [5.74, 6) is 0. The maximum absolute atomic E-state index is 5.56. The first-order chi connectivity index (χ1) is 6.85. The number of allylic oxidation sites excluding steroid dienone is 3. The zero-order valence-electron chi connectivity index (χ0n) is 9.76. The summed E-state index contributed by atoms with van der Waals surface area (Å²) in [5, 5.41) is 0. The molecule has 0 amide bonds. The van der Waals surface area contributed by atoms with E-state index in [9.17, 15) is 0 Å². The van der Waals surface area contributed by atoms with Crippen molar-refractivity contribution in [1.82, 2.24) is 0 Å². The Morgan fingerprint density at radius 2 is 1.93 bits per heavy atom. The van der Waals surface area contributed by atoms with Gasteiger partial charge in [-0.15, -0.1) is 0 Å². The molecular weight excluding hydrogens is 170 g/mol. The summed E-state index contributed by atoms with van der Waals surface area (Å²) in [5.41, 5.74) is 6.97. The minimum atomic E-state index is 0.758. The van der Waals surface area contributed by atoms with Crippen molar-refractivity contribution in [2.45, 2.75) is 52.4 Å². The fraction of sp³-hybridized carbons (Fsp3) is 0.692. The Kier molecular flexibility index (Phi) is 10.1. The summed E-state index contributed by atoms with van der Waals surface area (Å²) in [7, 11) is 0. The van der Waals surface area contributed by atoms with E-state index in [2.05, 4.69) is 32.1 Å². The molecule has 1 heteroatoms. The van der Waals surface area contributed by atoms with Gasteiger partial charge in [-0.1, -0.05) is 56.9 Å². The molecule has 0 aliphatic carbocycles. The third-order valence-electron chi connectivity index (χ3n) is 2.18. The number of hydrogen-bond donors (Lipinski definition) is 1. The Hall–Kier alpha value is -0.560. The van der Waals surface area contributed by atoms with Gasteiger partial charge in [0.25, 0.3) is 0 Å². The lowest BCUT2D eigenvalue weighted by molar-refractivity contribution is 0.807. The summed E-state index contributed by atoms with van der Waals surface area (Å²) < 4.78 is 0. The number of hydrogen-bond acceptors (Lipinski definition) is 1. The normalized spacial score (nSPS) is 12.6. The van der Waals surface area contributed by atoms with E-state index >= 15 is 0 Å². The second kappa shape index (κ2) is 10.5. The Morgan fingerprint density at radius 1 is 1.14 bits per heavy atom. The highest BCUT2D eigenvalue weighted by Crippen LogP contribution is 2.07. The largest absolute Gasteiger partial charge is 0.330 e. The molecular formula is C13H25N. The summed E-state index contributed by atoms with van der Waals surface area (Å²) in [6.45, 7) is 5.19. The van der Waals surface area contributed by atoms with Gasteiger partial charge in [0.1, 0.15) is 0 Å². The molecule has 0 saturated heterocycles. The van der Waals surface area contributed by atoms with Crippen molar-refractivity contribution in [3.63, 3.8) is 0 Å². The molecule has 0 atom stereocenters. The third kappa shape index (κ3) is 8.06. The van der Waals surface area contributed by atoms with Gasteiger partial charge in [0.05, 0.1) is 0 Å². The van der Waals surface area contributed by atoms with Crippen LogP contribution < -0.4 is 5.73 Å². The van der Waals surface area contributed by atoms with Gasteiger partial charge in [-0.25, -0.2) is 0 Å². The van der Waals surface area contributed by atoms with Crippen LogP contribution in [0.3, 0.4) is 0 Å². The molecule has 0 bridgehead atoms. The molecule has 0 aliphatic heterocycles. The van der Waals surface area contributed by atoms with Crippen molar-refractivity contribution in [2.24, 2.45) is 5.73 Å². The zero-order valence-corrected chi connectivity index (χ0v) is 9.76. The minimum Gasteiger partial charge on any atom is -0.330 e. The van der Waals surface area contributed by atoms with Crippen molar-refractivity contribution in [3.8, 4) is 0 Å². The van der Waals surface area contributed by atoms with Gasteiger partial charge in [0.2, 0.25) is 0 Å². The monoisotopic (exact) mass is 195 g/mol. The van der Waals surface area contributed by atoms with Gasteiger partial charge in [0.15, 0.2) is 0 Å². The first-order valence-electron chi connectivity index (χ1n) is 5.90. The molecule has 0 fully saturated rings. The van der Waals surface area contributed by atoms with Gasteiger partial charge < -0.3 is 5.73 Å². The van der Waals surface area contributed by atoms with E-state index < -0.39 is 0 Å². The van der Waals surface area contributed by atoms with Crippen LogP contribution in [0.4, 0.5) is 0 Å². The lowest BCUT2D eigenvalue weighted by Gasteiger charge is -1.99. The van der Waals surface area contributed by atoms with Crippen LogP contribution in [-0.2, 0) is 0 Å². The van der Waals surface area contributed by atoms with Crippen LogP contribution in [-0.4, -0.2) is 6.54 Å². The topological polar surface area (TPSA) is 26.0 Å². The quantitative estimate of drug-likeness (QED) is 0.462. The zero-order chi connectivity index (χ0) is 10.6. The second-order valence-electron chi connectivity index (χ2n) is 3.65.